The van der Waals surface area contributed by atoms with Gasteiger partial charge in [-0.1, -0.05) is 5.57 Å². The van der Waals surface area contributed by atoms with Crippen LogP contribution in [-0.2, 0) is 0 Å². The topological polar surface area (TPSA) is 78.6 Å². The third-order valence-electron chi connectivity index (χ3n) is 3.78. The fourth-order valence-electron chi connectivity index (χ4n) is 2.72. The van der Waals surface area contributed by atoms with Crippen LogP contribution in [0.25, 0.3) is 0 Å². The number of hydrogen-bond acceptors (Lipinski definition) is 5. The lowest BCUT2D eigenvalue weighted by Gasteiger charge is -2.35. The molecule has 0 bridgehead atoms. The summed E-state index contributed by atoms with van der Waals surface area (Å²) in [5, 5.41) is 24.8. The van der Waals surface area contributed by atoms with Crippen LogP contribution in [0.4, 0.5) is 5.69 Å². The smallest absolute Gasteiger partial charge is 0.271 e. The summed E-state index contributed by atoms with van der Waals surface area (Å²) in [6, 6.07) is 2.68. The van der Waals surface area contributed by atoms with Gasteiger partial charge in [-0.3, -0.25) is 15.0 Å². The van der Waals surface area contributed by atoms with E-state index in [0.29, 0.717) is 16.5 Å². The van der Waals surface area contributed by atoms with Crippen molar-refractivity contribution >= 4 is 46.4 Å². The van der Waals surface area contributed by atoms with E-state index in [4.69, 9.17) is 0 Å². The van der Waals surface area contributed by atoms with Gasteiger partial charge in [-0.25, -0.2) is 0 Å². The first-order valence-electron chi connectivity index (χ1n) is 7.16. The second kappa shape index (κ2) is 10.2. The minimum atomic E-state index is -0.441. The van der Waals surface area contributed by atoms with Crippen LogP contribution >= 0.6 is 40.7 Å². The first-order chi connectivity index (χ1) is 10.4. The highest BCUT2D eigenvalue weighted by molar-refractivity contribution is 9.10. The summed E-state index contributed by atoms with van der Waals surface area (Å²) < 4.78 is 0.346. The molecule has 1 aromatic carbocycles. The molecule has 0 radical (unpaired) electrons. The highest BCUT2D eigenvalue weighted by Gasteiger charge is 2.27. The highest BCUT2D eigenvalue weighted by Crippen LogP contribution is 2.40. The van der Waals surface area contributed by atoms with Crippen molar-refractivity contribution in [3.63, 3.8) is 0 Å². The van der Waals surface area contributed by atoms with Gasteiger partial charge in [0, 0.05) is 49.9 Å². The fraction of sp³-hybridized carbons (Fsp3) is 0.467. The second-order valence-electron chi connectivity index (χ2n) is 5.59. The van der Waals surface area contributed by atoms with Gasteiger partial charge in [-0.05, 0) is 29.3 Å². The maximum Gasteiger partial charge on any atom is 0.271 e. The second-order valence-corrected chi connectivity index (χ2v) is 6.44. The number of nitrogens with zero attached hydrogens (tertiary/aromatic N) is 2. The number of phenols is 1. The van der Waals surface area contributed by atoms with Crippen molar-refractivity contribution in [2.45, 2.75) is 19.4 Å². The zero-order valence-corrected chi connectivity index (χ0v) is 16.5. The molecule has 2 rings (SSSR count). The Labute approximate surface area is 162 Å². The minimum absolute atomic E-state index is 0. The Morgan fingerprint density at radius 2 is 2.04 bits per heavy atom. The van der Waals surface area contributed by atoms with E-state index in [2.05, 4.69) is 32.7 Å². The monoisotopic (exact) mass is 441 g/mol. The highest BCUT2D eigenvalue weighted by atomic mass is 79.9. The largest absolute Gasteiger partial charge is 0.506 e. The lowest BCUT2D eigenvalue weighted by atomic mass is 9.96. The molecule has 1 aromatic rings. The number of rotatable bonds is 5. The predicted molar refractivity (Wildman–Crippen MR) is 104 cm³/mol. The molecule has 9 heteroatoms. The first kappa shape index (κ1) is 23.1. The molecule has 0 unspecified atom stereocenters. The number of nitro groups is 1. The van der Waals surface area contributed by atoms with Gasteiger partial charge in [-0.15, -0.1) is 31.4 Å². The van der Waals surface area contributed by atoms with Gasteiger partial charge in [0.25, 0.3) is 5.69 Å². The summed E-state index contributed by atoms with van der Waals surface area (Å²) in [5.41, 5.74) is 1.53. The predicted octanol–water partition coefficient (Wildman–Crippen LogP) is 3.82. The zero-order valence-electron chi connectivity index (χ0n) is 13.3. The Kier molecular flexibility index (Phi) is 9.84. The van der Waals surface area contributed by atoms with E-state index in [0.717, 1.165) is 31.8 Å². The van der Waals surface area contributed by atoms with Gasteiger partial charge in [0.05, 0.1) is 9.40 Å². The summed E-state index contributed by atoms with van der Waals surface area (Å²) >= 11 is 3.22. The normalized spacial score (nSPS) is 15.8. The molecule has 6 nitrogen and oxygen atoms in total. The van der Waals surface area contributed by atoms with Crippen molar-refractivity contribution in [1.82, 2.24) is 10.2 Å². The van der Waals surface area contributed by atoms with Crippen LogP contribution in [0, 0.1) is 10.1 Å². The number of hydrogen-bond donors (Lipinski definition) is 2. The van der Waals surface area contributed by atoms with Crippen molar-refractivity contribution in [2.24, 2.45) is 0 Å². The van der Waals surface area contributed by atoms with Crippen LogP contribution in [0.5, 0.6) is 5.75 Å². The molecule has 1 heterocycles. The number of phenolic OH excluding ortho intramolecular Hbond substituents is 1. The third kappa shape index (κ3) is 5.60. The number of nitro benzene ring substituents is 1. The summed E-state index contributed by atoms with van der Waals surface area (Å²) in [4.78, 5) is 12.9. The van der Waals surface area contributed by atoms with Crippen molar-refractivity contribution in [3.05, 3.63) is 44.4 Å². The molecule has 1 aliphatic heterocycles. The van der Waals surface area contributed by atoms with Crippen molar-refractivity contribution in [2.75, 3.05) is 26.2 Å². The van der Waals surface area contributed by atoms with E-state index >= 15 is 0 Å². The zero-order chi connectivity index (χ0) is 16.3. The van der Waals surface area contributed by atoms with Gasteiger partial charge in [0.1, 0.15) is 5.75 Å². The number of piperazine rings is 1. The number of halogens is 3. The van der Waals surface area contributed by atoms with Crippen molar-refractivity contribution in [3.8, 4) is 5.75 Å². The SMILES string of the molecule is C=C(C)C[C@@H](c1cc([N+](=O)[O-])cc(Br)c1O)N1CCNCC1.Cl.Cl. The van der Waals surface area contributed by atoms with Crippen LogP contribution in [0.3, 0.4) is 0 Å². The standard InChI is InChI=1S/C15H20BrN3O3.2ClH/c1-10(2)7-14(18-5-3-17-4-6-18)12-8-11(19(21)22)9-13(16)15(12)20;;/h8-9,14,17,20H,1,3-7H2,2H3;2*1H/t14-;;/m0../s1. The molecule has 1 saturated heterocycles. The summed E-state index contributed by atoms with van der Waals surface area (Å²) in [6.07, 6.45) is 0.654. The number of non-ortho nitro benzene ring substituents is 1. The molecule has 136 valence electrons. The van der Waals surface area contributed by atoms with Gasteiger partial charge >= 0.3 is 0 Å². The molecular weight excluding hydrogens is 421 g/mol. The van der Waals surface area contributed by atoms with E-state index in [9.17, 15) is 15.2 Å². The molecule has 24 heavy (non-hydrogen) atoms. The lowest BCUT2D eigenvalue weighted by Crippen LogP contribution is -2.45. The Morgan fingerprint density at radius 3 is 2.54 bits per heavy atom. The van der Waals surface area contributed by atoms with E-state index < -0.39 is 4.92 Å². The van der Waals surface area contributed by atoms with Crippen LogP contribution in [0.1, 0.15) is 24.9 Å². The Hall–Kier alpha value is -0.860. The Bertz CT molecular complexity index is 596. The third-order valence-corrected chi connectivity index (χ3v) is 4.39. The van der Waals surface area contributed by atoms with E-state index in [1.54, 1.807) is 0 Å². The Balaban J connectivity index is 0.00000264. The van der Waals surface area contributed by atoms with Crippen LogP contribution in [0.15, 0.2) is 28.8 Å². The fourth-order valence-corrected chi connectivity index (χ4v) is 3.19. The number of aromatic hydroxyl groups is 1. The maximum absolute atomic E-state index is 11.1. The molecule has 1 aliphatic rings. The van der Waals surface area contributed by atoms with Gasteiger partial charge < -0.3 is 10.4 Å². The molecule has 2 N–H and O–H groups in total. The maximum atomic E-state index is 11.1. The van der Waals surface area contributed by atoms with E-state index in [-0.39, 0.29) is 42.3 Å². The minimum Gasteiger partial charge on any atom is -0.506 e. The summed E-state index contributed by atoms with van der Waals surface area (Å²) in [7, 11) is 0. The molecule has 0 aliphatic carbocycles. The summed E-state index contributed by atoms with van der Waals surface area (Å²) in [5.74, 6) is 0.0652. The summed E-state index contributed by atoms with van der Waals surface area (Å²) in [6.45, 7) is 9.28. The average Bonchev–Trinajstić information content (AvgIpc) is 2.48. The lowest BCUT2D eigenvalue weighted by molar-refractivity contribution is -0.385. The van der Waals surface area contributed by atoms with E-state index in [1.807, 2.05) is 6.92 Å². The Morgan fingerprint density at radius 1 is 1.46 bits per heavy atom. The van der Waals surface area contributed by atoms with Crippen LogP contribution in [-0.4, -0.2) is 41.1 Å². The van der Waals surface area contributed by atoms with E-state index in [1.165, 1.54) is 12.1 Å². The van der Waals surface area contributed by atoms with Crippen molar-refractivity contribution < 1.29 is 10.0 Å². The van der Waals surface area contributed by atoms with Crippen molar-refractivity contribution in [1.29, 1.82) is 0 Å². The molecule has 0 saturated carbocycles. The van der Waals surface area contributed by atoms with Gasteiger partial charge in [0.15, 0.2) is 0 Å². The quantitative estimate of drug-likeness (QED) is 0.411. The number of benzene rings is 1. The molecule has 1 fully saturated rings. The molecule has 1 atom stereocenters. The van der Waals surface area contributed by atoms with Gasteiger partial charge in [0.2, 0.25) is 0 Å². The number of nitrogens with one attached hydrogen (secondary N) is 1. The first-order valence-corrected chi connectivity index (χ1v) is 7.95. The van der Waals surface area contributed by atoms with Gasteiger partial charge in [-0.2, -0.15) is 0 Å². The molecular formula is C15H22BrCl2N3O3. The molecule has 0 amide bonds. The average molecular weight is 443 g/mol. The molecule has 0 spiro atoms. The van der Waals surface area contributed by atoms with Crippen LogP contribution < -0.4 is 5.32 Å². The van der Waals surface area contributed by atoms with Crippen LogP contribution in [0.2, 0.25) is 0 Å². The molecule has 0 aromatic heterocycles.